The van der Waals surface area contributed by atoms with Gasteiger partial charge in [0.1, 0.15) is 5.02 Å². The number of aromatic nitrogens is 4. The van der Waals surface area contributed by atoms with Gasteiger partial charge in [0.2, 0.25) is 5.95 Å². The van der Waals surface area contributed by atoms with E-state index in [1.165, 1.54) is 20.0 Å². The van der Waals surface area contributed by atoms with Crippen molar-refractivity contribution in [1.82, 2.24) is 19.1 Å². The molecule has 1 saturated heterocycles. The molecule has 3 heterocycles. The number of nitrogens with zero attached hydrogens (tertiary/aromatic N) is 5. The van der Waals surface area contributed by atoms with Gasteiger partial charge in [-0.15, -0.1) is 0 Å². The first kappa shape index (κ1) is 29.2. The zero-order chi connectivity index (χ0) is 28.7. The zero-order valence-electron chi connectivity index (χ0n) is 23.0. The number of alkyl halides is 2. The van der Waals surface area contributed by atoms with E-state index in [0.717, 1.165) is 0 Å². The Labute approximate surface area is 231 Å². The van der Waals surface area contributed by atoms with Crippen LogP contribution in [0.25, 0.3) is 11.0 Å². The number of fused-ring (bicyclic) bond motifs is 1. The van der Waals surface area contributed by atoms with Gasteiger partial charge >= 0.3 is 5.69 Å². The third-order valence-electron chi connectivity index (χ3n) is 7.32. The average Bonchev–Trinajstić information content (AvgIpc) is 3.10. The van der Waals surface area contributed by atoms with Crippen LogP contribution in [0.5, 0.6) is 0 Å². The number of imidazole rings is 1. The molecule has 2 aromatic heterocycles. The van der Waals surface area contributed by atoms with Crippen LogP contribution >= 0.6 is 11.6 Å². The molecular formula is C27H37ClF2N6O3. The molecule has 39 heavy (non-hydrogen) atoms. The van der Waals surface area contributed by atoms with Gasteiger partial charge in [-0.2, -0.15) is 4.98 Å². The largest absolute Gasteiger partial charge is 0.393 e. The number of hydrogen-bond acceptors (Lipinski definition) is 7. The minimum absolute atomic E-state index is 0.123. The van der Waals surface area contributed by atoms with Gasteiger partial charge in [0.05, 0.1) is 28.9 Å². The van der Waals surface area contributed by atoms with Crippen LogP contribution in [-0.2, 0) is 13.1 Å². The minimum Gasteiger partial charge on any atom is -0.393 e. The molecule has 1 aromatic carbocycles. The lowest BCUT2D eigenvalue weighted by Crippen LogP contribution is -2.52. The summed E-state index contributed by atoms with van der Waals surface area (Å²) in [6, 6.07) is 5.42. The van der Waals surface area contributed by atoms with Crippen LogP contribution in [-0.4, -0.2) is 60.0 Å². The van der Waals surface area contributed by atoms with Crippen LogP contribution in [0.2, 0.25) is 5.02 Å². The fourth-order valence-corrected chi connectivity index (χ4v) is 5.03. The van der Waals surface area contributed by atoms with Crippen molar-refractivity contribution in [1.29, 1.82) is 0 Å². The van der Waals surface area contributed by atoms with Gasteiger partial charge in [-0.05, 0) is 51.8 Å². The van der Waals surface area contributed by atoms with E-state index in [4.69, 9.17) is 11.6 Å². The van der Waals surface area contributed by atoms with Crippen LogP contribution < -0.4 is 15.9 Å². The van der Waals surface area contributed by atoms with Crippen LogP contribution in [0.4, 0.5) is 26.2 Å². The van der Waals surface area contributed by atoms with Gasteiger partial charge in [0, 0.05) is 43.7 Å². The first-order valence-electron chi connectivity index (χ1n) is 13.2. The molecule has 1 unspecified atom stereocenters. The van der Waals surface area contributed by atoms with Gasteiger partial charge in [0.25, 0.3) is 5.92 Å². The van der Waals surface area contributed by atoms with Crippen molar-refractivity contribution < 1.29 is 19.0 Å². The molecule has 0 radical (unpaired) electrons. The normalized spacial score (nSPS) is 20.4. The number of halogens is 3. The number of benzene rings is 1. The third kappa shape index (κ3) is 6.36. The molecule has 0 bridgehead atoms. The zero-order valence-corrected chi connectivity index (χ0v) is 23.7. The highest BCUT2D eigenvalue weighted by Gasteiger charge is 2.47. The molecule has 4 rings (SSSR count). The highest BCUT2D eigenvalue weighted by Crippen LogP contribution is 2.39. The lowest BCUT2D eigenvalue weighted by Gasteiger charge is -2.41. The fraction of sp³-hybridized carbons (Fsp3) is 0.593. The first-order chi connectivity index (χ1) is 18.2. The van der Waals surface area contributed by atoms with Gasteiger partial charge in [0.15, 0.2) is 5.82 Å². The summed E-state index contributed by atoms with van der Waals surface area (Å²) in [6.07, 6.45) is 1.67. The Morgan fingerprint density at radius 2 is 1.82 bits per heavy atom. The summed E-state index contributed by atoms with van der Waals surface area (Å²) in [4.78, 5) is 23.9. The molecular weight excluding hydrogens is 530 g/mol. The minimum atomic E-state index is -2.76. The Bertz CT molecular complexity index is 1370. The molecule has 9 nitrogen and oxygen atoms in total. The highest BCUT2D eigenvalue weighted by molar-refractivity contribution is 6.32. The second-order valence-electron chi connectivity index (χ2n) is 11.4. The summed E-state index contributed by atoms with van der Waals surface area (Å²) < 4.78 is 32.0. The van der Waals surface area contributed by atoms with Crippen molar-refractivity contribution in [2.24, 2.45) is 11.8 Å². The summed E-state index contributed by atoms with van der Waals surface area (Å²) in [5.41, 5.74) is 0.798. The fourth-order valence-electron chi connectivity index (χ4n) is 4.89. The average molecular weight is 567 g/mol. The van der Waals surface area contributed by atoms with Gasteiger partial charge in [-0.25, -0.2) is 18.6 Å². The van der Waals surface area contributed by atoms with Crippen molar-refractivity contribution in [2.45, 2.75) is 78.2 Å². The highest BCUT2D eigenvalue weighted by atomic mass is 35.5. The number of aliphatic hydroxyl groups excluding tert-OH is 1. The summed E-state index contributed by atoms with van der Waals surface area (Å²) >= 11 is 6.40. The maximum absolute atomic E-state index is 14.4. The van der Waals surface area contributed by atoms with Crippen LogP contribution in [0, 0.1) is 11.8 Å². The maximum Gasteiger partial charge on any atom is 0.329 e. The number of aryl methyl sites for hydroxylation is 2. The molecule has 0 aliphatic carbocycles. The van der Waals surface area contributed by atoms with Crippen LogP contribution in [0.3, 0.4) is 0 Å². The van der Waals surface area contributed by atoms with Gasteiger partial charge in [-0.1, -0.05) is 25.4 Å². The van der Waals surface area contributed by atoms with Crippen molar-refractivity contribution >= 4 is 40.1 Å². The van der Waals surface area contributed by atoms with Crippen LogP contribution in [0.1, 0.15) is 47.5 Å². The first-order valence-corrected chi connectivity index (χ1v) is 13.6. The summed E-state index contributed by atoms with van der Waals surface area (Å²) in [7, 11) is 0. The Balaban J connectivity index is 1.66. The molecule has 3 N–H and O–H groups in total. The predicted octanol–water partition coefficient (Wildman–Crippen LogP) is 4.65. The number of rotatable bonds is 9. The smallest absolute Gasteiger partial charge is 0.329 e. The van der Waals surface area contributed by atoms with E-state index >= 15 is 0 Å². The molecule has 0 spiro atoms. The molecule has 1 fully saturated rings. The van der Waals surface area contributed by atoms with E-state index in [9.17, 15) is 23.8 Å². The Kier molecular flexibility index (Phi) is 8.26. The molecule has 0 amide bonds. The monoisotopic (exact) mass is 566 g/mol. The molecule has 3 atom stereocenters. The number of anilines is 3. The molecule has 0 saturated carbocycles. The molecule has 214 valence electrons. The van der Waals surface area contributed by atoms with Crippen molar-refractivity contribution in [3.63, 3.8) is 0 Å². The maximum atomic E-state index is 14.4. The van der Waals surface area contributed by atoms with E-state index in [-0.39, 0.29) is 23.8 Å². The van der Waals surface area contributed by atoms with Gasteiger partial charge < -0.3 is 20.4 Å². The van der Waals surface area contributed by atoms with E-state index in [0.29, 0.717) is 54.4 Å². The van der Waals surface area contributed by atoms with Crippen molar-refractivity contribution in [2.75, 3.05) is 23.3 Å². The SMILES string of the molecule is CC(O)CCn1c(=O)n(CCC(C)(C)O)c2cc(Nc3nc(N4C[C@@H](C)C(F)(F)[C@@H](C)C4)ncc3Cl)ccc21. The molecule has 12 heteroatoms. The lowest BCUT2D eigenvalue weighted by molar-refractivity contribution is -0.105. The Hall–Kier alpha value is -2.76. The molecule has 1 aliphatic rings. The third-order valence-corrected chi connectivity index (χ3v) is 7.59. The van der Waals surface area contributed by atoms with Crippen LogP contribution in [0.15, 0.2) is 29.2 Å². The van der Waals surface area contributed by atoms with E-state index < -0.39 is 29.5 Å². The van der Waals surface area contributed by atoms with E-state index in [1.54, 1.807) is 40.9 Å². The predicted molar refractivity (Wildman–Crippen MR) is 149 cm³/mol. The van der Waals surface area contributed by atoms with E-state index in [2.05, 4.69) is 15.3 Å². The Morgan fingerprint density at radius 1 is 1.18 bits per heavy atom. The van der Waals surface area contributed by atoms with Crippen molar-refractivity contribution in [3.8, 4) is 0 Å². The quantitative estimate of drug-likeness (QED) is 0.346. The second kappa shape index (κ2) is 11.0. The number of hydrogen-bond donors (Lipinski definition) is 3. The summed E-state index contributed by atoms with van der Waals surface area (Å²) in [5, 5.41) is 23.5. The summed E-state index contributed by atoms with van der Waals surface area (Å²) in [6.45, 7) is 9.01. The lowest BCUT2D eigenvalue weighted by atomic mass is 9.87. The molecule has 3 aromatic rings. The number of nitrogens with one attached hydrogen (secondary N) is 1. The number of aliphatic hydroxyl groups is 2. The Morgan fingerprint density at radius 3 is 2.44 bits per heavy atom. The van der Waals surface area contributed by atoms with E-state index in [1.807, 2.05) is 12.1 Å². The second-order valence-corrected chi connectivity index (χ2v) is 11.8. The topological polar surface area (TPSA) is 108 Å². The standard InChI is InChI=1S/C27H37ClF2N6O3/c1-16-14-34(15-17(2)27(16,29)30)24-31-13-20(28)23(33-24)32-19-6-7-21-22(12-19)36(11-9-26(4,5)39)25(38)35(21)10-8-18(3)37/h6-7,12-13,16-18,37,39H,8-11,14-15H2,1-5H3,(H,31,32,33)/t16-,17+,18?. The summed E-state index contributed by atoms with van der Waals surface area (Å²) in [5.74, 6) is -3.83. The van der Waals surface area contributed by atoms with Crippen molar-refractivity contribution in [3.05, 3.63) is 39.9 Å². The number of piperidine rings is 1. The van der Waals surface area contributed by atoms with Gasteiger partial charge in [-0.3, -0.25) is 9.13 Å². The molecule has 1 aliphatic heterocycles.